The van der Waals surface area contributed by atoms with Gasteiger partial charge in [-0.1, -0.05) is 17.7 Å². The molecule has 0 aliphatic carbocycles. The highest BCUT2D eigenvalue weighted by Crippen LogP contribution is 2.34. The quantitative estimate of drug-likeness (QED) is 0.773. The number of carbonyl (C=O) groups excluding carboxylic acids is 1. The summed E-state index contributed by atoms with van der Waals surface area (Å²) >= 11 is 6.01. The molecule has 0 saturated carbocycles. The third-order valence-electron chi connectivity index (χ3n) is 3.66. The first-order valence-electron chi connectivity index (χ1n) is 7.73. The minimum atomic E-state index is -3.77. The predicted octanol–water partition coefficient (Wildman–Crippen LogP) is 2.21. The van der Waals surface area contributed by atoms with Crippen LogP contribution in [0.5, 0.6) is 5.75 Å². The highest BCUT2D eigenvalue weighted by Gasteiger charge is 2.31. The lowest BCUT2D eigenvalue weighted by molar-refractivity contribution is -0.122. The smallest absolute Gasteiger partial charge is 0.243 e. The molecule has 0 spiro atoms. The summed E-state index contributed by atoms with van der Waals surface area (Å²) in [5.74, 6) is -0.159. The van der Waals surface area contributed by atoms with Crippen LogP contribution in [0.1, 0.15) is 12.5 Å². The van der Waals surface area contributed by atoms with Gasteiger partial charge in [-0.25, -0.2) is 8.42 Å². The number of hydrogen-bond acceptors (Lipinski definition) is 5. The van der Waals surface area contributed by atoms with Crippen LogP contribution < -0.4 is 14.4 Å². The molecule has 2 aromatic rings. The highest BCUT2D eigenvalue weighted by molar-refractivity contribution is 7.92. The minimum Gasteiger partial charge on any atom is -0.495 e. The van der Waals surface area contributed by atoms with Gasteiger partial charge in [0.15, 0.2) is 0 Å². The fourth-order valence-corrected chi connectivity index (χ4v) is 3.79. The van der Waals surface area contributed by atoms with E-state index in [1.165, 1.54) is 20.1 Å². The molecule has 1 heterocycles. The van der Waals surface area contributed by atoms with Gasteiger partial charge in [-0.05, 0) is 36.8 Å². The standard InChI is InChI=1S/C17H20ClN3O4S/c1-12(17(22)20-11-13-5-4-8-19-10-13)21(26(3,23)24)15-9-14(18)6-7-16(15)25-2/h4-10,12H,11H2,1-3H3,(H,20,22). The van der Waals surface area contributed by atoms with Crippen LogP contribution in [0.15, 0.2) is 42.7 Å². The monoisotopic (exact) mass is 397 g/mol. The maximum absolute atomic E-state index is 12.6. The molecule has 9 heteroatoms. The molecule has 140 valence electrons. The molecule has 0 saturated heterocycles. The van der Waals surface area contributed by atoms with Crippen LogP contribution in [0.4, 0.5) is 5.69 Å². The zero-order chi connectivity index (χ0) is 19.3. The van der Waals surface area contributed by atoms with Crippen molar-refractivity contribution in [2.24, 2.45) is 0 Å². The fourth-order valence-electron chi connectivity index (χ4n) is 2.46. The molecule has 0 fully saturated rings. The lowest BCUT2D eigenvalue weighted by Crippen LogP contribution is -2.47. The number of amides is 1. The molecular weight excluding hydrogens is 378 g/mol. The van der Waals surface area contributed by atoms with Crippen LogP contribution in [0, 0.1) is 0 Å². The van der Waals surface area contributed by atoms with Gasteiger partial charge in [-0.3, -0.25) is 14.1 Å². The fraction of sp³-hybridized carbons (Fsp3) is 0.294. The maximum Gasteiger partial charge on any atom is 0.243 e. The average molecular weight is 398 g/mol. The third-order valence-corrected chi connectivity index (χ3v) is 5.12. The van der Waals surface area contributed by atoms with Gasteiger partial charge in [-0.2, -0.15) is 0 Å². The molecule has 1 aromatic carbocycles. The molecule has 0 bridgehead atoms. The molecule has 26 heavy (non-hydrogen) atoms. The molecule has 1 unspecified atom stereocenters. The number of nitrogens with one attached hydrogen (secondary N) is 1. The Kier molecular flexibility index (Phi) is 6.44. The van der Waals surface area contributed by atoms with Crippen molar-refractivity contribution in [2.45, 2.75) is 19.5 Å². The van der Waals surface area contributed by atoms with Gasteiger partial charge in [0.2, 0.25) is 15.9 Å². The van der Waals surface area contributed by atoms with E-state index in [0.717, 1.165) is 16.1 Å². The lowest BCUT2D eigenvalue weighted by Gasteiger charge is -2.29. The summed E-state index contributed by atoms with van der Waals surface area (Å²) in [5, 5.41) is 3.05. The van der Waals surface area contributed by atoms with Gasteiger partial charge < -0.3 is 10.1 Å². The summed E-state index contributed by atoms with van der Waals surface area (Å²) in [6.45, 7) is 1.74. The second-order valence-corrected chi connectivity index (χ2v) is 7.93. The van der Waals surface area contributed by atoms with Crippen molar-refractivity contribution in [3.05, 3.63) is 53.3 Å². The van der Waals surface area contributed by atoms with Crippen LogP contribution >= 0.6 is 11.6 Å². The Morgan fingerprint density at radius 3 is 2.69 bits per heavy atom. The number of halogens is 1. The number of anilines is 1. The van der Waals surface area contributed by atoms with Crippen molar-refractivity contribution in [1.82, 2.24) is 10.3 Å². The van der Waals surface area contributed by atoms with Crippen molar-refractivity contribution in [1.29, 1.82) is 0 Å². The number of nitrogens with zero attached hydrogens (tertiary/aromatic N) is 2. The Morgan fingerprint density at radius 2 is 2.12 bits per heavy atom. The second-order valence-electron chi connectivity index (χ2n) is 5.63. The number of pyridine rings is 1. The normalized spacial score (nSPS) is 12.3. The van der Waals surface area contributed by atoms with Crippen molar-refractivity contribution >= 4 is 33.2 Å². The number of carbonyl (C=O) groups is 1. The summed E-state index contributed by atoms with van der Waals surface area (Å²) in [5.41, 5.74) is 1.01. The molecule has 1 atom stereocenters. The average Bonchev–Trinajstić information content (AvgIpc) is 2.59. The van der Waals surface area contributed by atoms with Crippen LogP contribution in [0.25, 0.3) is 0 Å². The molecular formula is C17H20ClN3O4S. The Labute approximate surface area is 158 Å². The maximum atomic E-state index is 12.6. The summed E-state index contributed by atoms with van der Waals surface area (Å²) in [6, 6.07) is 7.14. The van der Waals surface area contributed by atoms with Crippen molar-refractivity contribution < 1.29 is 17.9 Å². The van der Waals surface area contributed by atoms with E-state index >= 15 is 0 Å². The summed E-state index contributed by atoms with van der Waals surface area (Å²) in [7, 11) is -2.36. The number of ether oxygens (including phenoxy) is 1. The number of hydrogen-bond donors (Lipinski definition) is 1. The largest absolute Gasteiger partial charge is 0.495 e. The van der Waals surface area contributed by atoms with E-state index in [9.17, 15) is 13.2 Å². The molecule has 0 aliphatic heterocycles. The van der Waals surface area contributed by atoms with Gasteiger partial charge in [0.25, 0.3) is 0 Å². The molecule has 7 nitrogen and oxygen atoms in total. The summed E-state index contributed by atoms with van der Waals surface area (Å²) < 4.78 is 31.0. The van der Waals surface area contributed by atoms with Gasteiger partial charge in [0.05, 0.1) is 19.1 Å². The van der Waals surface area contributed by atoms with E-state index in [2.05, 4.69) is 10.3 Å². The molecule has 1 amide bonds. The summed E-state index contributed by atoms with van der Waals surface area (Å²) in [4.78, 5) is 16.5. The van der Waals surface area contributed by atoms with E-state index in [0.29, 0.717) is 10.8 Å². The Morgan fingerprint density at radius 1 is 1.38 bits per heavy atom. The predicted molar refractivity (Wildman–Crippen MR) is 101 cm³/mol. The summed E-state index contributed by atoms with van der Waals surface area (Å²) in [6.07, 6.45) is 4.28. The molecule has 1 N–H and O–H groups in total. The molecule has 0 radical (unpaired) electrons. The van der Waals surface area contributed by atoms with Gasteiger partial charge in [0, 0.05) is 24.0 Å². The SMILES string of the molecule is COc1ccc(Cl)cc1N(C(C)C(=O)NCc1cccnc1)S(C)(=O)=O. The van der Waals surface area contributed by atoms with Crippen molar-refractivity contribution in [2.75, 3.05) is 17.7 Å². The van der Waals surface area contributed by atoms with Crippen LogP contribution in [0.2, 0.25) is 5.02 Å². The Hall–Kier alpha value is -2.32. The van der Waals surface area contributed by atoms with E-state index in [-0.39, 0.29) is 12.2 Å². The molecule has 2 rings (SSSR count). The topological polar surface area (TPSA) is 88.6 Å². The van der Waals surface area contributed by atoms with E-state index in [4.69, 9.17) is 16.3 Å². The molecule has 1 aromatic heterocycles. The second kappa shape index (κ2) is 8.37. The van der Waals surface area contributed by atoms with Crippen molar-refractivity contribution in [3.63, 3.8) is 0 Å². The van der Waals surface area contributed by atoms with E-state index in [1.54, 1.807) is 30.6 Å². The van der Waals surface area contributed by atoms with Crippen LogP contribution in [-0.4, -0.2) is 38.7 Å². The van der Waals surface area contributed by atoms with Crippen molar-refractivity contribution in [3.8, 4) is 5.75 Å². The van der Waals surface area contributed by atoms with E-state index in [1.807, 2.05) is 6.07 Å². The third kappa shape index (κ3) is 4.86. The number of sulfonamides is 1. The number of rotatable bonds is 7. The van der Waals surface area contributed by atoms with Crippen LogP contribution in [0.3, 0.4) is 0 Å². The number of aromatic nitrogens is 1. The first-order chi connectivity index (χ1) is 12.2. The number of methoxy groups -OCH3 is 1. The van der Waals surface area contributed by atoms with Gasteiger partial charge >= 0.3 is 0 Å². The highest BCUT2D eigenvalue weighted by atomic mass is 35.5. The zero-order valence-corrected chi connectivity index (χ0v) is 16.2. The Balaban J connectivity index is 2.29. The Bertz CT molecular complexity index is 875. The minimum absolute atomic E-state index is 0.200. The van der Waals surface area contributed by atoms with Gasteiger partial charge in [0.1, 0.15) is 11.8 Å². The molecule has 0 aliphatic rings. The van der Waals surface area contributed by atoms with E-state index < -0.39 is 22.0 Å². The van der Waals surface area contributed by atoms with Crippen LogP contribution in [-0.2, 0) is 21.4 Å². The first-order valence-corrected chi connectivity index (χ1v) is 9.96. The number of benzene rings is 1. The first kappa shape index (κ1) is 20.0. The zero-order valence-electron chi connectivity index (χ0n) is 14.6. The van der Waals surface area contributed by atoms with Gasteiger partial charge in [-0.15, -0.1) is 0 Å². The lowest BCUT2D eigenvalue weighted by atomic mass is 10.2.